The van der Waals surface area contributed by atoms with Crippen molar-refractivity contribution >= 4 is 26.8 Å². The van der Waals surface area contributed by atoms with Crippen molar-refractivity contribution in [1.29, 1.82) is 0 Å². The van der Waals surface area contributed by atoms with Gasteiger partial charge in [-0.3, -0.25) is 9.58 Å². The van der Waals surface area contributed by atoms with Gasteiger partial charge in [-0.05, 0) is 18.2 Å². The molecule has 3 nitrogen and oxygen atoms in total. The summed E-state index contributed by atoms with van der Waals surface area (Å²) in [6, 6.07) is 6.03. The number of piperidine rings is 1. The Kier molecular flexibility index (Phi) is 3.54. The van der Waals surface area contributed by atoms with Crippen molar-refractivity contribution < 1.29 is 8.78 Å². The van der Waals surface area contributed by atoms with Crippen molar-refractivity contribution in [2.24, 2.45) is 7.05 Å². The Morgan fingerprint density at radius 1 is 1.30 bits per heavy atom. The molecule has 0 N–H and O–H groups in total. The summed E-state index contributed by atoms with van der Waals surface area (Å²) in [5.74, 6) is -2.49. The number of nitrogens with zero attached hydrogens (tertiary/aromatic N) is 3. The number of rotatable bonds is 2. The van der Waals surface area contributed by atoms with Gasteiger partial charge in [0, 0.05) is 49.4 Å². The molecule has 108 valence electrons. The maximum atomic E-state index is 13.2. The molecule has 1 aliphatic rings. The lowest BCUT2D eigenvalue weighted by molar-refractivity contribution is -0.0567. The van der Waals surface area contributed by atoms with Crippen LogP contribution in [0.5, 0.6) is 0 Å². The summed E-state index contributed by atoms with van der Waals surface area (Å²) in [6.45, 7) is 1.49. The second-order valence-electron chi connectivity index (χ2n) is 5.36. The molecule has 20 heavy (non-hydrogen) atoms. The van der Waals surface area contributed by atoms with E-state index in [1.807, 2.05) is 29.9 Å². The van der Waals surface area contributed by atoms with E-state index in [-0.39, 0.29) is 12.8 Å². The van der Waals surface area contributed by atoms with Gasteiger partial charge in [0.05, 0.1) is 11.2 Å². The second-order valence-corrected chi connectivity index (χ2v) is 6.28. The average Bonchev–Trinajstić information content (AvgIpc) is 2.68. The van der Waals surface area contributed by atoms with E-state index in [2.05, 4.69) is 25.9 Å². The Bertz CT molecular complexity index is 629. The molecule has 0 amide bonds. The summed E-state index contributed by atoms with van der Waals surface area (Å²) in [5.41, 5.74) is 2.01. The molecule has 2 heterocycles. The van der Waals surface area contributed by atoms with Crippen LogP contribution in [0.15, 0.2) is 22.7 Å². The summed E-state index contributed by atoms with van der Waals surface area (Å²) in [6.07, 6.45) is -0.108. The fourth-order valence-electron chi connectivity index (χ4n) is 2.68. The molecular formula is C14H16BrF2N3. The Balaban J connectivity index is 1.83. The van der Waals surface area contributed by atoms with Gasteiger partial charge in [-0.2, -0.15) is 5.10 Å². The lowest BCUT2D eigenvalue weighted by Crippen LogP contribution is -2.38. The molecule has 0 atom stereocenters. The van der Waals surface area contributed by atoms with Crippen LogP contribution < -0.4 is 0 Å². The minimum absolute atomic E-state index is 0.0541. The summed E-state index contributed by atoms with van der Waals surface area (Å²) < 4.78 is 29.2. The summed E-state index contributed by atoms with van der Waals surface area (Å²) >= 11 is 3.47. The lowest BCUT2D eigenvalue weighted by Gasteiger charge is -2.31. The number of aryl methyl sites for hydroxylation is 1. The van der Waals surface area contributed by atoms with Gasteiger partial charge in [0.1, 0.15) is 0 Å². The van der Waals surface area contributed by atoms with E-state index >= 15 is 0 Å². The van der Waals surface area contributed by atoms with Gasteiger partial charge in [-0.15, -0.1) is 0 Å². The van der Waals surface area contributed by atoms with Gasteiger partial charge < -0.3 is 0 Å². The Labute approximate surface area is 124 Å². The van der Waals surface area contributed by atoms with Crippen molar-refractivity contribution in [3.05, 3.63) is 28.4 Å². The molecular weight excluding hydrogens is 328 g/mol. The molecule has 3 rings (SSSR count). The minimum atomic E-state index is -2.49. The zero-order chi connectivity index (χ0) is 14.3. The van der Waals surface area contributed by atoms with Crippen molar-refractivity contribution in [2.45, 2.75) is 25.3 Å². The number of benzene rings is 1. The fourth-order valence-corrected chi connectivity index (χ4v) is 3.04. The Hall–Kier alpha value is -1.01. The zero-order valence-corrected chi connectivity index (χ0v) is 12.8. The monoisotopic (exact) mass is 343 g/mol. The number of hydrogen-bond acceptors (Lipinski definition) is 2. The van der Waals surface area contributed by atoms with Crippen molar-refractivity contribution in [2.75, 3.05) is 13.1 Å². The predicted molar refractivity (Wildman–Crippen MR) is 77.9 cm³/mol. The van der Waals surface area contributed by atoms with Gasteiger partial charge in [0.25, 0.3) is 5.92 Å². The van der Waals surface area contributed by atoms with Crippen molar-refractivity contribution in [3.8, 4) is 0 Å². The highest BCUT2D eigenvalue weighted by atomic mass is 79.9. The molecule has 1 fully saturated rings. The van der Waals surface area contributed by atoms with E-state index < -0.39 is 5.92 Å². The van der Waals surface area contributed by atoms with E-state index in [1.165, 1.54) is 0 Å². The quantitative estimate of drug-likeness (QED) is 0.831. The maximum absolute atomic E-state index is 13.2. The van der Waals surface area contributed by atoms with Crippen molar-refractivity contribution in [1.82, 2.24) is 14.7 Å². The highest BCUT2D eigenvalue weighted by Crippen LogP contribution is 2.29. The number of likely N-dealkylation sites (tertiary alicyclic amines) is 1. The molecule has 1 aliphatic heterocycles. The average molecular weight is 344 g/mol. The number of aromatic nitrogens is 2. The first-order valence-corrected chi connectivity index (χ1v) is 7.45. The van der Waals surface area contributed by atoms with Crippen LogP contribution in [0.3, 0.4) is 0 Å². The summed E-state index contributed by atoms with van der Waals surface area (Å²) in [5, 5.41) is 5.61. The van der Waals surface area contributed by atoms with Crippen LogP contribution in [0.1, 0.15) is 18.5 Å². The number of fused-ring (bicyclic) bond motifs is 1. The molecule has 1 saturated heterocycles. The molecule has 1 aromatic heterocycles. The summed E-state index contributed by atoms with van der Waals surface area (Å²) in [4.78, 5) is 2.06. The van der Waals surface area contributed by atoms with E-state index in [4.69, 9.17) is 0 Å². The SMILES string of the molecule is Cn1nc(CN2CCC(F)(F)CC2)c2cc(Br)ccc21. The molecule has 0 bridgehead atoms. The largest absolute Gasteiger partial charge is 0.297 e. The predicted octanol–water partition coefficient (Wildman–Crippen LogP) is 3.57. The third-order valence-electron chi connectivity index (χ3n) is 3.85. The topological polar surface area (TPSA) is 21.1 Å². The molecule has 0 unspecified atom stereocenters. The Morgan fingerprint density at radius 2 is 2.00 bits per heavy atom. The highest BCUT2D eigenvalue weighted by molar-refractivity contribution is 9.10. The summed E-state index contributed by atoms with van der Waals surface area (Å²) in [7, 11) is 1.91. The van der Waals surface area contributed by atoms with Gasteiger partial charge in [0.15, 0.2) is 0 Å². The smallest absolute Gasteiger partial charge is 0.250 e. The van der Waals surface area contributed by atoms with Crippen LogP contribution in [-0.2, 0) is 13.6 Å². The highest BCUT2D eigenvalue weighted by Gasteiger charge is 2.34. The van der Waals surface area contributed by atoms with E-state index in [0.717, 1.165) is 21.1 Å². The molecule has 1 aromatic carbocycles. The molecule has 0 spiro atoms. The maximum Gasteiger partial charge on any atom is 0.250 e. The molecule has 0 saturated carbocycles. The fraction of sp³-hybridized carbons (Fsp3) is 0.500. The molecule has 0 aliphatic carbocycles. The first-order chi connectivity index (χ1) is 9.44. The normalized spacial score (nSPS) is 19.6. The first-order valence-electron chi connectivity index (χ1n) is 6.66. The molecule has 0 radical (unpaired) electrons. The van der Waals surface area contributed by atoms with E-state index in [0.29, 0.717) is 19.6 Å². The second kappa shape index (κ2) is 5.07. The molecule has 2 aromatic rings. The number of halogens is 3. The van der Waals surface area contributed by atoms with Crippen LogP contribution in [0.25, 0.3) is 10.9 Å². The van der Waals surface area contributed by atoms with Gasteiger partial charge >= 0.3 is 0 Å². The van der Waals surface area contributed by atoms with E-state index in [9.17, 15) is 8.78 Å². The minimum Gasteiger partial charge on any atom is -0.297 e. The third-order valence-corrected chi connectivity index (χ3v) is 4.34. The van der Waals surface area contributed by atoms with Crippen LogP contribution in [0, 0.1) is 0 Å². The molecule has 6 heteroatoms. The number of hydrogen-bond donors (Lipinski definition) is 0. The standard InChI is InChI=1S/C14H16BrF2N3/c1-19-13-3-2-10(15)8-11(13)12(18-19)9-20-6-4-14(16,17)5-7-20/h2-3,8H,4-7,9H2,1H3. The third kappa shape index (κ3) is 2.72. The lowest BCUT2D eigenvalue weighted by atomic mass is 10.1. The van der Waals surface area contributed by atoms with Gasteiger partial charge in [0.2, 0.25) is 0 Å². The van der Waals surface area contributed by atoms with Crippen LogP contribution in [0.4, 0.5) is 8.78 Å². The first kappa shape index (κ1) is 13.9. The zero-order valence-electron chi connectivity index (χ0n) is 11.2. The Morgan fingerprint density at radius 3 is 2.70 bits per heavy atom. The van der Waals surface area contributed by atoms with Crippen LogP contribution >= 0.6 is 15.9 Å². The van der Waals surface area contributed by atoms with E-state index in [1.54, 1.807) is 0 Å². The van der Waals surface area contributed by atoms with Crippen LogP contribution in [0.2, 0.25) is 0 Å². The van der Waals surface area contributed by atoms with Gasteiger partial charge in [-0.1, -0.05) is 15.9 Å². The van der Waals surface area contributed by atoms with Crippen LogP contribution in [-0.4, -0.2) is 33.7 Å². The number of alkyl halides is 2. The van der Waals surface area contributed by atoms with Gasteiger partial charge in [-0.25, -0.2) is 8.78 Å². The van der Waals surface area contributed by atoms with Crippen molar-refractivity contribution in [3.63, 3.8) is 0 Å².